The van der Waals surface area contributed by atoms with Crippen LogP contribution in [0.15, 0.2) is 89.7 Å². The van der Waals surface area contributed by atoms with Gasteiger partial charge in [-0.25, -0.2) is 4.79 Å². The molecule has 3 heterocycles. The topological polar surface area (TPSA) is 70.4 Å². The van der Waals surface area contributed by atoms with Crippen molar-refractivity contribution in [3.05, 3.63) is 112 Å². The summed E-state index contributed by atoms with van der Waals surface area (Å²) in [6.45, 7) is 2.05. The number of nitrogens with one attached hydrogen (secondary N) is 1. The summed E-state index contributed by atoms with van der Waals surface area (Å²) >= 11 is 9.42. The lowest BCUT2D eigenvalue weighted by Gasteiger charge is -2.29. The normalized spacial score (nSPS) is 17.6. The van der Waals surface area contributed by atoms with Gasteiger partial charge in [0.15, 0.2) is 5.11 Å². The molecule has 34 heavy (non-hydrogen) atoms. The van der Waals surface area contributed by atoms with E-state index in [9.17, 15) is 9.90 Å². The van der Waals surface area contributed by atoms with Gasteiger partial charge in [0, 0.05) is 33.9 Å². The van der Waals surface area contributed by atoms with Crippen molar-refractivity contribution in [2.45, 2.75) is 19.0 Å². The molecule has 0 unspecified atom stereocenters. The van der Waals surface area contributed by atoms with Gasteiger partial charge < -0.3 is 19.9 Å². The van der Waals surface area contributed by atoms with Crippen LogP contribution in [0.5, 0.6) is 0 Å². The summed E-state index contributed by atoms with van der Waals surface area (Å²) in [6, 6.07) is 22.6. The summed E-state index contributed by atoms with van der Waals surface area (Å²) in [4.78, 5) is 18.1. The Kier molecular flexibility index (Phi) is 5.93. The number of benzene rings is 2. The summed E-state index contributed by atoms with van der Waals surface area (Å²) in [5.41, 5.74) is 5.11. The molecule has 0 radical (unpaired) electrons. The predicted octanol–water partition coefficient (Wildman–Crippen LogP) is 5.82. The Hall–Kier alpha value is -3.49. The van der Waals surface area contributed by atoms with Crippen molar-refractivity contribution in [2.75, 3.05) is 4.90 Å². The zero-order chi connectivity index (χ0) is 23.8. The highest BCUT2D eigenvalue weighted by atomic mass is 79.9. The van der Waals surface area contributed by atoms with Gasteiger partial charge in [0.1, 0.15) is 6.04 Å². The molecule has 0 saturated carbocycles. The van der Waals surface area contributed by atoms with E-state index >= 15 is 0 Å². The first-order valence-electron chi connectivity index (χ1n) is 10.7. The Morgan fingerprint density at radius 1 is 1.06 bits per heavy atom. The molecule has 1 fully saturated rings. The maximum atomic E-state index is 11.3. The fourth-order valence-corrected chi connectivity index (χ4v) is 4.94. The van der Waals surface area contributed by atoms with Crippen LogP contribution in [0, 0.1) is 6.92 Å². The molecule has 0 spiro atoms. The molecule has 1 aliphatic rings. The summed E-state index contributed by atoms with van der Waals surface area (Å²) in [5.74, 6) is -0.948. The maximum absolute atomic E-state index is 11.3. The first-order chi connectivity index (χ1) is 16.4. The number of nitrogens with zero attached hydrogens (tertiary/aromatic N) is 3. The smallest absolute Gasteiger partial charge is 0.335 e. The second-order valence-corrected chi connectivity index (χ2v) is 9.33. The molecular weight excluding hydrogens is 512 g/mol. The molecule has 1 aliphatic heterocycles. The molecule has 4 aromatic rings. The van der Waals surface area contributed by atoms with Gasteiger partial charge in [-0.15, -0.1) is 0 Å². The number of rotatable bonds is 5. The van der Waals surface area contributed by atoms with Gasteiger partial charge in [0.25, 0.3) is 0 Å². The molecule has 2 aromatic heterocycles. The molecule has 0 amide bonds. The van der Waals surface area contributed by atoms with Crippen LogP contribution in [0.3, 0.4) is 0 Å². The fraction of sp³-hybridized carbons (Fsp3) is 0.115. The van der Waals surface area contributed by atoms with Gasteiger partial charge in [-0.1, -0.05) is 22.0 Å². The van der Waals surface area contributed by atoms with E-state index in [1.807, 2.05) is 54.7 Å². The lowest BCUT2D eigenvalue weighted by atomic mass is 10.0. The second-order valence-electron chi connectivity index (χ2n) is 8.09. The fourth-order valence-electron chi connectivity index (χ4n) is 4.35. The van der Waals surface area contributed by atoms with E-state index in [0.29, 0.717) is 5.11 Å². The van der Waals surface area contributed by atoms with Gasteiger partial charge >= 0.3 is 5.97 Å². The molecule has 0 aliphatic carbocycles. The third-order valence-electron chi connectivity index (χ3n) is 5.99. The van der Waals surface area contributed by atoms with Crippen LogP contribution in [0.25, 0.3) is 5.69 Å². The number of aromatic nitrogens is 2. The highest BCUT2D eigenvalue weighted by Gasteiger charge is 2.42. The predicted molar refractivity (Wildman–Crippen MR) is 140 cm³/mol. The van der Waals surface area contributed by atoms with E-state index in [0.717, 1.165) is 32.8 Å². The SMILES string of the molecule is Cc1cc(N2C(=S)N[C@H](c3ccccn3)[C@H]2c2cccn2-c2ccc(C(=O)O)cc2)ccc1Br. The Balaban J connectivity index is 1.65. The molecule has 0 bridgehead atoms. The molecule has 170 valence electrons. The standard InChI is InChI=1S/C26H21BrN4O2S/c1-16-15-19(11-12-20(16)27)31-24(23(29-26(31)34)21-5-2-3-13-28-21)22-6-4-14-30(22)18-9-7-17(8-10-18)25(32)33/h2-15,23-24H,1H3,(H,29,34)(H,32,33)/t23-,24-/m1/s1. The third kappa shape index (κ3) is 3.99. The average molecular weight is 533 g/mol. The number of hydrogen-bond acceptors (Lipinski definition) is 3. The van der Waals surface area contributed by atoms with E-state index < -0.39 is 5.97 Å². The van der Waals surface area contributed by atoms with E-state index in [4.69, 9.17) is 12.2 Å². The molecular formula is C26H21BrN4O2S. The highest BCUT2D eigenvalue weighted by molar-refractivity contribution is 9.10. The summed E-state index contributed by atoms with van der Waals surface area (Å²) in [6.07, 6.45) is 3.76. The Morgan fingerprint density at radius 3 is 2.50 bits per heavy atom. The quantitative estimate of drug-likeness (QED) is 0.315. The minimum absolute atomic E-state index is 0.176. The van der Waals surface area contributed by atoms with Crippen LogP contribution >= 0.6 is 28.1 Å². The molecule has 2 aromatic carbocycles. The largest absolute Gasteiger partial charge is 0.478 e. The number of halogens is 1. The van der Waals surface area contributed by atoms with Crippen LogP contribution in [0.4, 0.5) is 5.69 Å². The van der Waals surface area contributed by atoms with Crippen LogP contribution in [-0.2, 0) is 0 Å². The summed E-state index contributed by atoms with van der Waals surface area (Å²) < 4.78 is 3.11. The van der Waals surface area contributed by atoms with Crippen molar-refractivity contribution < 1.29 is 9.90 Å². The zero-order valence-electron chi connectivity index (χ0n) is 18.2. The number of pyridine rings is 1. The number of anilines is 1. The average Bonchev–Trinajstić information content (AvgIpc) is 3.46. The lowest BCUT2D eigenvalue weighted by molar-refractivity contribution is 0.0697. The van der Waals surface area contributed by atoms with Crippen molar-refractivity contribution in [2.24, 2.45) is 0 Å². The van der Waals surface area contributed by atoms with Gasteiger partial charge in [0.2, 0.25) is 0 Å². The summed E-state index contributed by atoms with van der Waals surface area (Å²) in [5, 5.41) is 13.4. The number of carboxylic acid groups (broad SMARTS) is 1. The second kappa shape index (κ2) is 9.04. The van der Waals surface area contributed by atoms with Gasteiger partial charge in [0.05, 0.1) is 17.3 Å². The number of aromatic carboxylic acids is 1. The van der Waals surface area contributed by atoms with Crippen LogP contribution in [0.2, 0.25) is 0 Å². The number of aryl methyl sites for hydroxylation is 1. The minimum Gasteiger partial charge on any atom is -0.478 e. The lowest BCUT2D eigenvalue weighted by Crippen LogP contribution is -2.30. The van der Waals surface area contributed by atoms with E-state index in [-0.39, 0.29) is 17.6 Å². The van der Waals surface area contributed by atoms with E-state index in [2.05, 4.69) is 54.8 Å². The van der Waals surface area contributed by atoms with Crippen LogP contribution < -0.4 is 10.2 Å². The number of thiocarbonyl (C=S) groups is 1. The van der Waals surface area contributed by atoms with Crippen molar-refractivity contribution in [3.63, 3.8) is 0 Å². The van der Waals surface area contributed by atoms with Crippen molar-refractivity contribution in [3.8, 4) is 5.69 Å². The first kappa shape index (κ1) is 22.3. The molecule has 5 rings (SSSR count). The van der Waals surface area contributed by atoms with Gasteiger partial charge in [-0.3, -0.25) is 4.98 Å². The van der Waals surface area contributed by atoms with E-state index in [1.54, 1.807) is 18.3 Å². The Morgan fingerprint density at radius 2 is 1.82 bits per heavy atom. The van der Waals surface area contributed by atoms with Crippen molar-refractivity contribution in [1.29, 1.82) is 0 Å². The molecule has 8 heteroatoms. The number of carbonyl (C=O) groups is 1. The van der Waals surface area contributed by atoms with Crippen LogP contribution in [0.1, 0.15) is 39.4 Å². The first-order valence-corrected chi connectivity index (χ1v) is 11.9. The molecule has 1 saturated heterocycles. The maximum Gasteiger partial charge on any atom is 0.335 e. The Labute approximate surface area is 211 Å². The van der Waals surface area contributed by atoms with Gasteiger partial charge in [-0.2, -0.15) is 0 Å². The van der Waals surface area contributed by atoms with Gasteiger partial charge in [-0.05, 0) is 91.4 Å². The molecule has 2 N–H and O–H groups in total. The third-order valence-corrected chi connectivity index (χ3v) is 7.20. The Bertz CT molecular complexity index is 1370. The summed E-state index contributed by atoms with van der Waals surface area (Å²) in [7, 11) is 0. The number of hydrogen-bond donors (Lipinski definition) is 2. The van der Waals surface area contributed by atoms with Crippen molar-refractivity contribution in [1.82, 2.24) is 14.9 Å². The highest BCUT2D eigenvalue weighted by Crippen LogP contribution is 2.42. The zero-order valence-corrected chi connectivity index (χ0v) is 20.6. The van der Waals surface area contributed by atoms with Crippen LogP contribution in [-0.4, -0.2) is 25.7 Å². The monoisotopic (exact) mass is 532 g/mol. The van der Waals surface area contributed by atoms with Crippen molar-refractivity contribution >= 4 is 44.9 Å². The van der Waals surface area contributed by atoms with E-state index in [1.165, 1.54) is 0 Å². The molecule has 6 nitrogen and oxygen atoms in total. The minimum atomic E-state index is -0.948. The number of carboxylic acids is 1. The molecule has 2 atom stereocenters.